The van der Waals surface area contributed by atoms with Crippen molar-refractivity contribution < 1.29 is 17.9 Å². The highest BCUT2D eigenvalue weighted by Crippen LogP contribution is 2.39. The van der Waals surface area contributed by atoms with E-state index in [0.717, 1.165) is 16.1 Å². The lowest BCUT2D eigenvalue weighted by atomic mass is 10.0. The maximum Gasteiger partial charge on any atom is 0.417 e. The molecule has 0 aliphatic heterocycles. The maximum atomic E-state index is 14.1. The molecule has 36 heavy (non-hydrogen) atoms. The van der Waals surface area contributed by atoms with Gasteiger partial charge < -0.3 is 4.74 Å². The fraction of sp³-hybridized carbons (Fsp3) is 0.111. The SMILES string of the molecule is Cc1nn(-c2ccc(Br)cc2)c2nc(-c3ccc(OCc4ccccc4Cl)cc3)cc(C(F)(F)F)c12. The van der Waals surface area contributed by atoms with Crippen molar-refractivity contribution in [3.63, 3.8) is 0 Å². The van der Waals surface area contributed by atoms with Crippen molar-refractivity contribution in [1.29, 1.82) is 0 Å². The van der Waals surface area contributed by atoms with Gasteiger partial charge in [0, 0.05) is 20.6 Å². The van der Waals surface area contributed by atoms with E-state index in [9.17, 15) is 13.2 Å². The summed E-state index contributed by atoms with van der Waals surface area (Å²) in [6.45, 7) is 1.83. The van der Waals surface area contributed by atoms with Crippen LogP contribution in [0.1, 0.15) is 16.8 Å². The first-order valence-corrected chi connectivity index (χ1v) is 12.1. The van der Waals surface area contributed by atoms with Crippen LogP contribution in [0, 0.1) is 6.92 Å². The van der Waals surface area contributed by atoms with Crippen molar-refractivity contribution in [2.45, 2.75) is 19.7 Å². The molecule has 0 spiro atoms. The van der Waals surface area contributed by atoms with Crippen LogP contribution in [0.3, 0.4) is 0 Å². The molecule has 5 rings (SSSR count). The lowest BCUT2D eigenvalue weighted by Crippen LogP contribution is -2.08. The maximum absolute atomic E-state index is 14.1. The third-order valence-corrected chi connectivity index (χ3v) is 6.59. The molecule has 0 unspecified atom stereocenters. The van der Waals surface area contributed by atoms with Crippen LogP contribution in [0.15, 0.2) is 83.3 Å². The Balaban J connectivity index is 1.54. The number of ether oxygens (including phenoxy) is 1. The van der Waals surface area contributed by atoms with E-state index in [2.05, 4.69) is 26.0 Å². The Hall–Kier alpha value is -3.36. The Labute approximate surface area is 218 Å². The van der Waals surface area contributed by atoms with Crippen LogP contribution >= 0.6 is 27.5 Å². The van der Waals surface area contributed by atoms with Gasteiger partial charge >= 0.3 is 6.18 Å². The summed E-state index contributed by atoms with van der Waals surface area (Å²) in [5.41, 5.74) is 1.77. The van der Waals surface area contributed by atoms with Crippen molar-refractivity contribution in [2.24, 2.45) is 0 Å². The van der Waals surface area contributed by atoms with Crippen LogP contribution < -0.4 is 4.74 Å². The zero-order valence-electron chi connectivity index (χ0n) is 18.9. The summed E-state index contributed by atoms with van der Waals surface area (Å²) < 4.78 is 50.4. The molecule has 5 aromatic rings. The number of aromatic nitrogens is 3. The van der Waals surface area contributed by atoms with Crippen molar-refractivity contribution in [2.75, 3.05) is 0 Å². The number of pyridine rings is 1. The second-order valence-electron chi connectivity index (χ2n) is 8.13. The van der Waals surface area contributed by atoms with E-state index in [1.165, 1.54) is 4.68 Å². The van der Waals surface area contributed by atoms with Crippen LogP contribution in [-0.4, -0.2) is 14.8 Å². The molecule has 0 atom stereocenters. The van der Waals surface area contributed by atoms with Crippen LogP contribution in [0.2, 0.25) is 5.02 Å². The van der Waals surface area contributed by atoms with Crippen LogP contribution in [0.25, 0.3) is 28.0 Å². The lowest BCUT2D eigenvalue weighted by molar-refractivity contribution is -0.136. The van der Waals surface area contributed by atoms with E-state index in [-0.39, 0.29) is 29.0 Å². The monoisotopic (exact) mass is 571 g/mol. The van der Waals surface area contributed by atoms with Crippen LogP contribution in [0.5, 0.6) is 5.75 Å². The molecule has 0 fully saturated rings. The van der Waals surface area contributed by atoms with Gasteiger partial charge in [0.2, 0.25) is 0 Å². The van der Waals surface area contributed by atoms with Gasteiger partial charge in [0.15, 0.2) is 5.65 Å². The summed E-state index contributed by atoms with van der Waals surface area (Å²) in [5.74, 6) is 0.562. The van der Waals surface area contributed by atoms with Crippen molar-refractivity contribution in [3.8, 4) is 22.7 Å². The summed E-state index contributed by atoms with van der Waals surface area (Å²) in [4.78, 5) is 4.60. The van der Waals surface area contributed by atoms with Gasteiger partial charge in [-0.25, -0.2) is 9.67 Å². The molecule has 0 aliphatic carbocycles. The van der Waals surface area contributed by atoms with Gasteiger partial charge in [-0.15, -0.1) is 0 Å². The molecule has 0 saturated heterocycles. The minimum atomic E-state index is -4.58. The Bertz CT molecular complexity index is 1550. The van der Waals surface area contributed by atoms with Gasteiger partial charge in [0.25, 0.3) is 0 Å². The molecule has 0 radical (unpaired) electrons. The number of aryl methyl sites for hydroxylation is 1. The van der Waals surface area contributed by atoms with E-state index in [1.54, 1.807) is 61.5 Å². The Kier molecular flexibility index (Phi) is 6.49. The number of hydrogen-bond donors (Lipinski definition) is 0. The predicted octanol–water partition coefficient (Wildman–Crippen LogP) is 8.41. The molecular weight excluding hydrogens is 555 g/mol. The molecule has 0 saturated carbocycles. The van der Waals surface area contributed by atoms with E-state index < -0.39 is 11.7 Å². The van der Waals surface area contributed by atoms with Crippen molar-refractivity contribution >= 4 is 38.6 Å². The topological polar surface area (TPSA) is 39.9 Å². The first-order valence-electron chi connectivity index (χ1n) is 10.9. The Morgan fingerprint density at radius 2 is 1.67 bits per heavy atom. The van der Waals surface area contributed by atoms with Gasteiger partial charge in [-0.05, 0) is 67.6 Å². The summed E-state index contributed by atoms with van der Waals surface area (Å²) >= 11 is 9.55. The normalized spacial score (nSPS) is 11.7. The second-order valence-corrected chi connectivity index (χ2v) is 9.45. The number of fused-ring (bicyclic) bond motifs is 1. The standard InChI is InChI=1S/C27H18BrClF3N3O/c1-16-25-22(27(30,31)32)14-24(33-26(25)35(34-16)20-10-8-19(28)9-11-20)17-6-12-21(13-7-17)36-15-18-4-2-3-5-23(18)29/h2-14H,15H2,1H3. The molecule has 0 amide bonds. The average molecular weight is 573 g/mol. The number of rotatable bonds is 5. The van der Waals surface area contributed by atoms with Crippen LogP contribution in [-0.2, 0) is 12.8 Å². The summed E-state index contributed by atoms with van der Waals surface area (Å²) in [6, 6.07) is 22.3. The molecule has 4 nitrogen and oxygen atoms in total. The first-order chi connectivity index (χ1) is 17.2. The highest BCUT2D eigenvalue weighted by Gasteiger charge is 2.35. The number of nitrogens with zero attached hydrogens (tertiary/aromatic N) is 3. The molecule has 0 N–H and O–H groups in total. The highest BCUT2D eigenvalue weighted by molar-refractivity contribution is 9.10. The van der Waals surface area contributed by atoms with Crippen molar-refractivity contribution in [3.05, 3.63) is 105 Å². The van der Waals surface area contributed by atoms with Gasteiger partial charge in [-0.2, -0.15) is 18.3 Å². The largest absolute Gasteiger partial charge is 0.489 e. The Morgan fingerprint density at radius 1 is 0.972 bits per heavy atom. The zero-order valence-corrected chi connectivity index (χ0v) is 21.2. The molecule has 182 valence electrons. The first kappa shape index (κ1) is 24.3. The van der Waals surface area contributed by atoms with Gasteiger partial charge in [0.05, 0.1) is 28.0 Å². The van der Waals surface area contributed by atoms with Gasteiger partial charge in [-0.3, -0.25) is 0 Å². The van der Waals surface area contributed by atoms with Gasteiger partial charge in [-0.1, -0.05) is 45.7 Å². The molecule has 2 aromatic heterocycles. The van der Waals surface area contributed by atoms with E-state index in [0.29, 0.717) is 22.0 Å². The molecule has 2 heterocycles. The van der Waals surface area contributed by atoms with E-state index in [1.807, 2.05) is 18.2 Å². The molecule has 0 bridgehead atoms. The van der Waals surface area contributed by atoms with E-state index >= 15 is 0 Å². The highest BCUT2D eigenvalue weighted by atomic mass is 79.9. The lowest BCUT2D eigenvalue weighted by Gasteiger charge is -2.12. The summed E-state index contributed by atoms with van der Waals surface area (Å²) in [5, 5.41) is 4.96. The number of hydrogen-bond acceptors (Lipinski definition) is 3. The summed E-state index contributed by atoms with van der Waals surface area (Å²) in [6.07, 6.45) is -4.58. The molecular formula is C27H18BrClF3N3O. The second kappa shape index (κ2) is 9.59. The fourth-order valence-electron chi connectivity index (χ4n) is 3.92. The minimum absolute atomic E-state index is 0.0196. The van der Waals surface area contributed by atoms with Crippen molar-refractivity contribution in [1.82, 2.24) is 14.8 Å². The molecule has 9 heteroatoms. The number of alkyl halides is 3. The minimum Gasteiger partial charge on any atom is -0.489 e. The average Bonchev–Trinajstić information content (AvgIpc) is 3.19. The van der Waals surface area contributed by atoms with Gasteiger partial charge in [0.1, 0.15) is 12.4 Å². The summed E-state index contributed by atoms with van der Waals surface area (Å²) in [7, 11) is 0. The Morgan fingerprint density at radius 3 is 2.33 bits per heavy atom. The predicted molar refractivity (Wildman–Crippen MR) is 138 cm³/mol. The third-order valence-electron chi connectivity index (χ3n) is 5.69. The number of halogens is 5. The molecule has 0 aliphatic rings. The zero-order chi connectivity index (χ0) is 25.4. The van der Waals surface area contributed by atoms with E-state index in [4.69, 9.17) is 16.3 Å². The fourth-order valence-corrected chi connectivity index (χ4v) is 4.38. The third kappa shape index (κ3) is 4.83. The number of benzene rings is 3. The van der Waals surface area contributed by atoms with Crippen LogP contribution in [0.4, 0.5) is 13.2 Å². The quantitative estimate of drug-likeness (QED) is 0.212. The molecule has 3 aromatic carbocycles. The smallest absolute Gasteiger partial charge is 0.417 e.